The van der Waals surface area contributed by atoms with E-state index in [-0.39, 0.29) is 34.4 Å². The van der Waals surface area contributed by atoms with Crippen LogP contribution in [0.1, 0.15) is 16.8 Å². The first-order valence-corrected chi connectivity index (χ1v) is 10.1. The number of hydrogen-bond donors (Lipinski definition) is 2. The Bertz CT molecular complexity index is 1090. The molecule has 0 saturated heterocycles. The van der Waals surface area contributed by atoms with Gasteiger partial charge in [-0.1, -0.05) is 23.7 Å². The minimum atomic E-state index is -2.97. The molecule has 0 spiro atoms. The Hall–Kier alpha value is -3.11. The van der Waals surface area contributed by atoms with Crippen molar-refractivity contribution in [2.24, 2.45) is 0 Å². The molecule has 31 heavy (non-hydrogen) atoms. The fourth-order valence-electron chi connectivity index (χ4n) is 2.57. The van der Waals surface area contributed by atoms with Gasteiger partial charge in [-0.25, -0.2) is 9.37 Å². The summed E-state index contributed by atoms with van der Waals surface area (Å²) in [7, 11) is 0. The van der Waals surface area contributed by atoms with Gasteiger partial charge >= 0.3 is 6.61 Å². The van der Waals surface area contributed by atoms with E-state index in [1.54, 1.807) is 23.6 Å². The minimum absolute atomic E-state index is 0.0155. The molecule has 2 N–H and O–H groups in total. The number of aromatic nitrogens is 1. The number of alkyl halides is 2. The van der Waals surface area contributed by atoms with Crippen LogP contribution < -0.4 is 15.4 Å². The number of rotatable bonds is 8. The van der Waals surface area contributed by atoms with Crippen LogP contribution in [0.5, 0.6) is 5.75 Å². The van der Waals surface area contributed by atoms with Crippen molar-refractivity contribution < 1.29 is 27.5 Å². The monoisotopic (exact) mass is 469 g/mol. The number of amides is 2. The Morgan fingerprint density at radius 3 is 2.71 bits per heavy atom. The third-order valence-corrected chi connectivity index (χ3v) is 5.01. The van der Waals surface area contributed by atoms with Crippen molar-refractivity contribution in [3.05, 3.63) is 64.2 Å². The second kappa shape index (κ2) is 10.3. The Balaban J connectivity index is 1.54. The summed E-state index contributed by atoms with van der Waals surface area (Å²) in [4.78, 5) is 28.4. The summed E-state index contributed by atoms with van der Waals surface area (Å²) < 4.78 is 42.7. The number of nitrogens with zero attached hydrogens (tertiary/aromatic N) is 1. The van der Waals surface area contributed by atoms with Crippen molar-refractivity contribution in [3.8, 4) is 17.0 Å². The number of para-hydroxylation sites is 1. The quantitative estimate of drug-likeness (QED) is 0.488. The highest BCUT2D eigenvalue weighted by atomic mass is 35.5. The number of benzene rings is 2. The molecule has 3 rings (SSSR count). The van der Waals surface area contributed by atoms with Crippen molar-refractivity contribution in [1.82, 2.24) is 10.3 Å². The van der Waals surface area contributed by atoms with E-state index in [2.05, 4.69) is 20.4 Å². The third-order valence-electron chi connectivity index (χ3n) is 3.94. The van der Waals surface area contributed by atoms with E-state index in [0.717, 1.165) is 23.5 Å². The highest BCUT2D eigenvalue weighted by Gasteiger charge is 2.15. The zero-order valence-electron chi connectivity index (χ0n) is 15.7. The Labute approximate surface area is 184 Å². The summed E-state index contributed by atoms with van der Waals surface area (Å²) in [6.07, 6.45) is -0.0510. The number of hydrogen-bond acceptors (Lipinski definition) is 5. The molecule has 1 aromatic heterocycles. The van der Waals surface area contributed by atoms with Crippen molar-refractivity contribution in [3.63, 3.8) is 0 Å². The normalized spacial score (nSPS) is 10.7. The van der Waals surface area contributed by atoms with Crippen molar-refractivity contribution in [2.75, 3.05) is 11.9 Å². The molecule has 2 aromatic carbocycles. The van der Waals surface area contributed by atoms with Crippen LogP contribution in [-0.2, 0) is 4.79 Å². The van der Waals surface area contributed by atoms with Gasteiger partial charge in [-0.05, 0) is 30.3 Å². The maximum Gasteiger partial charge on any atom is 0.387 e. The van der Waals surface area contributed by atoms with Gasteiger partial charge in [-0.2, -0.15) is 8.78 Å². The van der Waals surface area contributed by atoms with Crippen LogP contribution in [0, 0.1) is 5.82 Å². The Morgan fingerprint density at radius 1 is 1.19 bits per heavy atom. The van der Waals surface area contributed by atoms with E-state index >= 15 is 0 Å². The number of nitrogens with one attached hydrogen (secondary N) is 2. The lowest BCUT2D eigenvalue weighted by atomic mass is 10.1. The molecule has 0 aliphatic carbocycles. The van der Waals surface area contributed by atoms with Gasteiger partial charge in [0.2, 0.25) is 5.91 Å². The average Bonchev–Trinajstić information content (AvgIpc) is 3.16. The van der Waals surface area contributed by atoms with E-state index < -0.39 is 24.2 Å². The summed E-state index contributed by atoms with van der Waals surface area (Å²) in [5.74, 6) is -1.54. The Morgan fingerprint density at radius 2 is 1.97 bits per heavy atom. The summed E-state index contributed by atoms with van der Waals surface area (Å²) in [5.41, 5.74) is 0.830. The predicted molar refractivity (Wildman–Crippen MR) is 111 cm³/mol. The highest BCUT2D eigenvalue weighted by molar-refractivity contribution is 7.14. The summed E-state index contributed by atoms with van der Waals surface area (Å²) in [6.45, 7) is -2.96. The zero-order valence-corrected chi connectivity index (χ0v) is 17.3. The number of carbonyl (C=O) groups excluding carboxylic acids is 2. The molecule has 0 radical (unpaired) electrons. The van der Waals surface area contributed by atoms with Crippen LogP contribution in [0.15, 0.2) is 47.8 Å². The van der Waals surface area contributed by atoms with Gasteiger partial charge in [0.05, 0.1) is 16.3 Å². The average molecular weight is 470 g/mol. The van der Waals surface area contributed by atoms with Gasteiger partial charge in [-0.15, -0.1) is 11.3 Å². The number of halogens is 4. The van der Waals surface area contributed by atoms with E-state index in [1.807, 2.05) is 0 Å². The van der Waals surface area contributed by atoms with Crippen LogP contribution in [-0.4, -0.2) is 30.0 Å². The molecule has 3 aromatic rings. The lowest BCUT2D eigenvalue weighted by Gasteiger charge is -2.08. The molecule has 2 amide bonds. The van der Waals surface area contributed by atoms with Crippen LogP contribution >= 0.6 is 22.9 Å². The molecule has 0 unspecified atom stereocenters. The number of thiazole rings is 1. The first kappa shape index (κ1) is 22.6. The molecule has 0 aliphatic heterocycles. The van der Waals surface area contributed by atoms with Gasteiger partial charge in [-0.3, -0.25) is 9.59 Å². The zero-order chi connectivity index (χ0) is 22.4. The molecule has 0 aliphatic rings. The molecular weight excluding hydrogens is 455 g/mol. The van der Waals surface area contributed by atoms with Crippen molar-refractivity contribution in [2.45, 2.75) is 13.0 Å². The molecule has 0 fully saturated rings. The first-order valence-electron chi connectivity index (χ1n) is 8.86. The lowest BCUT2D eigenvalue weighted by molar-refractivity contribution is -0.116. The van der Waals surface area contributed by atoms with Crippen molar-refractivity contribution in [1.29, 1.82) is 0 Å². The van der Waals surface area contributed by atoms with Crippen LogP contribution in [0.4, 0.5) is 18.3 Å². The molecule has 11 heteroatoms. The summed E-state index contributed by atoms with van der Waals surface area (Å²) in [6, 6.07) is 9.57. The molecule has 1 heterocycles. The maximum absolute atomic E-state index is 13.0. The second-order valence-electron chi connectivity index (χ2n) is 6.09. The molecule has 0 bridgehead atoms. The molecule has 6 nitrogen and oxygen atoms in total. The standard InChI is InChI=1S/C20H15ClF3N3O3S/c21-14-9-11(22)5-6-12(14)18(29)25-8-7-17(28)27-20-26-15(10-31-20)13-3-1-2-4-16(13)30-19(23)24/h1-6,9-10,19H,7-8H2,(H,25,29)(H,26,27,28). The minimum Gasteiger partial charge on any atom is -0.434 e. The van der Waals surface area contributed by atoms with Gasteiger partial charge < -0.3 is 15.4 Å². The number of ether oxygens (including phenoxy) is 1. The van der Waals surface area contributed by atoms with Gasteiger partial charge in [0.15, 0.2) is 5.13 Å². The lowest BCUT2D eigenvalue weighted by Crippen LogP contribution is -2.27. The first-order chi connectivity index (χ1) is 14.8. The molecular formula is C20H15ClF3N3O3S. The second-order valence-corrected chi connectivity index (χ2v) is 7.36. The third kappa shape index (κ3) is 6.19. The topological polar surface area (TPSA) is 80.3 Å². The van der Waals surface area contributed by atoms with E-state index in [9.17, 15) is 22.8 Å². The predicted octanol–water partition coefficient (Wildman–Crippen LogP) is 4.96. The maximum atomic E-state index is 13.0. The van der Waals surface area contributed by atoms with Gasteiger partial charge in [0, 0.05) is 23.9 Å². The Kier molecular flexibility index (Phi) is 7.48. The van der Waals surface area contributed by atoms with E-state index in [0.29, 0.717) is 11.3 Å². The summed E-state index contributed by atoms with van der Waals surface area (Å²) in [5, 5.41) is 6.93. The molecule has 162 valence electrons. The fraction of sp³-hybridized carbons (Fsp3) is 0.150. The number of carbonyl (C=O) groups is 2. The van der Waals surface area contributed by atoms with Crippen LogP contribution in [0.2, 0.25) is 5.02 Å². The SMILES string of the molecule is O=C(CCNC(=O)c1ccc(F)cc1Cl)Nc1nc(-c2ccccc2OC(F)F)cs1. The smallest absolute Gasteiger partial charge is 0.387 e. The summed E-state index contributed by atoms with van der Waals surface area (Å²) >= 11 is 6.94. The van der Waals surface area contributed by atoms with E-state index in [4.69, 9.17) is 11.6 Å². The highest BCUT2D eigenvalue weighted by Crippen LogP contribution is 2.33. The van der Waals surface area contributed by atoms with Crippen LogP contribution in [0.25, 0.3) is 11.3 Å². The van der Waals surface area contributed by atoms with Crippen molar-refractivity contribution >= 4 is 39.9 Å². The fourth-order valence-corrected chi connectivity index (χ4v) is 3.55. The van der Waals surface area contributed by atoms with Crippen LogP contribution in [0.3, 0.4) is 0 Å². The molecule has 0 saturated carbocycles. The largest absolute Gasteiger partial charge is 0.434 e. The number of anilines is 1. The van der Waals surface area contributed by atoms with E-state index in [1.165, 1.54) is 12.1 Å². The van der Waals surface area contributed by atoms with Gasteiger partial charge in [0.25, 0.3) is 5.91 Å². The molecule has 0 atom stereocenters. The van der Waals surface area contributed by atoms with Gasteiger partial charge in [0.1, 0.15) is 11.6 Å².